The predicted molar refractivity (Wildman–Crippen MR) is 80.3 cm³/mol. The summed E-state index contributed by atoms with van der Waals surface area (Å²) < 4.78 is 0. The van der Waals surface area contributed by atoms with E-state index in [0.717, 1.165) is 19.4 Å². The van der Waals surface area contributed by atoms with Crippen molar-refractivity contribution in [2.24, 2.45) is 5.92 Å². The molecule has 1 aromatic rings. The molecule has 0 saturated carbocycles. The van der Waals surface area contributed by atoms with Gasteiger partial charge in [0.2, 0.25) is 5.91 Å². The molecular weight excluding hydrogens is 307 g/mol. The van der Waals surface area contributed by atoms with Crippen molar-refractivity contribution in [2.75, 3.05) is 11.9 Å². The van der Waals surface area contributed by atoms with Crippen molar-refractivity contribution >= 4 is 46.4 Å². The molecule has 1 fully saturated rings. The lowest BCUT2D eigenvalue weighted by molar-refractivity contribution is -0.119. The van der Waals surface area contributed by atoms with Gasteiger partial charge in [0.15, 0.2) is 0 Å². The van der Waals surface area contributed by atoms with Gasteiger partial charge < -0.3 is 10.6 Å². The van der Waals surface area contributed by atoms with E-state index >= 15 is 0 Å². The molecule has 0 aliphatic carbocycles. The van der Waals surface area contributed by atoms with Crippen LogP contribution >= 0.6 is 34.8 Å². The molecule has 0 bridgehead atoms. The van der Waals surface area contributed by atoms with Crippen LogP contribution in [0, 0.1) is 5.92 Å². The normalized spacial score (nSPS) is 23.2. The van der Waals surface area contributed by atoms with Gasteiger partial charge in [-0.05, 0) is 37.4 Å². The summed E-state index contributed by atoms with van der Waals surface area (Å²) in [5.74, 6) is 0.422. The lowest BCUT2D eigenvalue weighted by Crippen LogP contribution is -2.45. The minimum Gasteiger partial charge on any atom is -0.322 e. The topological polar surface area (TPSA) is 41.1 Å². The Balaban J connectivity index is 2.10. The minimum absolute atomic E-state index is 0.113. The molecule has 1 saturated heterocycles. The molecule has 6 heteroatoms. The van der Waals surface area contributed by atoms with Crippen LogP contribution in [0.3, 0.4) is 0 Å². The molecule has 2 atom stereocenters. The summed E-state index contributed by atoms with van der Waals surface area (Å²) in [7, 11) is 0. The highest BCUT2D eigenvalue weighted by Gasteiger charge is 2.25. The van der Waals surface area contributed by atoms with Crippen molar-refractivity contribution in [3.8, 4) is 0 Å². The van der Waals surface area contributed by atoms with Gasteiger partial charge in [0.05, 0.1) is 21.8 Å². The number of nitrogens with one attached hydrogen (secondary N) is 2. The Morgan fingerprint density at radius 3 is 2.53 bits per heavy atom. The van der Waals surface area contributed by atoms with Gasteiger partial charge in [0, 0.05) is 5.02 Å². The summed E-state index contributed by atoms with van der Waals surface area (Å²) in [5.41, 5.74) is 0.415. The molecule has 0 aromatic heterocycles. The largest absolute Gasteiger partial charge is 0.322 e. The molecule has 0 radical (unpaired) electrons. The van der Waals surface area contributed by atoms with E-state index in [2.05, 4.69) is 17.6 Å². The van der Waals surface area contributed by atoms with E-state index in [4.69, 9.17) is 34.8 Å². The molecular formula is C13H15Cl3N2O. The number of halogens is 3. The molecule has 104 valence electrons. The van der Waals surface area contributed by atoms with Gasteiger partial charge in [0.1, 0.15) is 0 Å². The molecule has 1 heterocycles. The van der Waals surface area contributed by atoms with Crippen LogP contribution in [-0.2, 0) is 4.79 Å². The zero-order chi connectivity index (χ0) is 14.0. The SMILES string of the molecule is CC1CCNC(C(=O)Nc2c(Cl)cc(Cl)cc2Cl)C1. The summed E-state index contributed by atoms with van der Waals surface area (Å²) in [6.45, 7) is 2.99. The Morgan fingerprint density at radius 2 is 1.95 bits per heavy atom. The van der Waals surface area contributed by atoms with Crippen molar-refractivity contribution < 1.29 is 4.79 Å². The molecule has 1 aliphatic rings. The first-order chi connectivity index (χ1) is 8.97. The average molecular weight is 322 g/mol. The Bertz CT molecular complexity index is 470. The van der Waals surface area contributed by atoms with Crippen molar-refractivity contribution in [1.82, 2.24) is 5.32 Å². The molecule has 0 spiro atoms. The first-order valence-electron chi connectivity index (χ1n) is 6.16. The molecule has 1 aliphatic heterocycles. The summed E-state index contributed by atoms with van der Waals surface area (Å²) in [6.07, 6.45) is 1.90. The van der Waals surface area contributed by atoms with E-state index in [1.165, 1.54) is 0 Å². The van der Waals surface area contributed by atoms with E-state index < -0.39 is 0 Å². The second kappa shape index (κ2) is 6.31. The summed E-state index contributed by atoms with van der Waals surface area (Å²) in [5, 5.41) is 7.09. The number of hydrogen-bond acceptors (Lipinski definition) is 2. The summed E-state index contributed by atoms with van der Waals surface area (Å²) in [6, 6.07) is 2.91. The van der Waals surface area contributed by atoms with Crippen molar-refractivity contribution in [2.45, 2.75) is 25.8 Å². The monoisotopic (exact) mass is 320 g/mol. The highest BCUT2D eigenvalue weighted by Crippen LogP contribution is 2.34. The second-order valence-electron chi connectivity index (χ2n) is 4.87. The quantitative estimate of drug-likeness (QED) is 0.865. The first kappa shape index (κ1) is 14.9. The van der Waals surface area contributed by atoms with Gasteiger partial charge in [-0.25, -0.2) is 0 Å². The Morgan fingerprint density at radius 1 is 1.32 bits per heavy atom. The number of carbonyl (C=O) groups excluding carboxylic acids is 1. The van der Waals surface area contributed by atoms with Gasteiger partial charge >= 0.3 is 0 Å². The fraction of sp³-hybridized carbons (Fsp3) is 0.462. The average Bonchev–Trinajstić information content (AvgIpc) is 2.33. The molecule has 2 N–H and O–H groups in total. The highest BCUT2D eigenvalue weighted by molar-refractivity contribution is 6.42. The van der Waals surface area contributed by atoms with Crippen molar-refractivity contribution in [3.63, 3.8) is 0 Å². The smallest absolute Gasteiger partial charge is 0.241 e. The van der Waals surface area contributed by atoms with Gasteiger partial charge in [0.25, 0.3) is 0 Å². The highest BCUT2D eigenvalue weighted by atomic mass is 35.5. The van der Waals surface area contributed by atoms with Crippen LogP contribution in [-0.4, -0.2) is 18.5 Å². The van der Waals surface area contributed by atoms with Crippen LogP contribution in [0.1, 0.15) is 19.8 Å². The number of hydrogen-bond donors (Lipinski definition) is 2. The summed E-state index contributed by atoms with van der Waals surface area (Å²) >= 11 is 17.9. The lowest BCUT2D eigenvalue weighted by Gasteiger charge is -2.27. The van der Waals surface area contributed by atoms with Crippen LogP contribution in [0.4, 0.5) is 5.69 Å². The molecule has 19 heavy (non-hydrogen) atoms. The van der Waals surface area contributed by atoms with E-state index in [1.54, 1.807) is 12.1 Å². The van der Waals surface area contributed by atoms with Crippen molar-refractivity contribution in [1.29, 1.82) is 0 Å². The molecule has 1 aromatic carbocycles. The standard InChI is InChI=1S/C13H15Cl3N2O/c1-7-2-3-17-11(4-7)13(19)18-12-9(15)5-8(14)6-10(12)16/h5-7,11,17H,2-4H2,1H3,(H,18,19). The van der Waals surface area contributed by atoms with Crippen LogP contribution in [0.2, 0.25) is 15.1 Å². The molecule has 2 unspecified atom stereocenters. The van der Waals surface area contributed by atoms with Gasteiger partial charge in [-0.1, -0.05) is 41.7 Å². The third-order valence-corrected chi connectivity index (χ3v) is 4.05. The molecule has 2 rings (SSSR count). The summed E-state index contributed by atoms with van der Waals surface area (Å²) in [4.78, 5) is 12.2. The van der Waals surface area contributed by atoms with E-state index in [0.29, 0.717) is 26.7 Å². The number of piperidine rings is 1. The zero-order valence-corrected chi connectivity index (χ0v) is 12.7. The Labute approximate surface area is 127 Å². The lowest BCUT2D eigenvalue weighted by atomic mass is 9.94. The predicted octanol–water partition coefficient (Wildman–Crippen LogP) is 3.97. The Hall–Kier alpha value is -0.480. The number of benzene rings is 1. The third kappa shape index (κ3) is 3.76. The fourth-order valence-electron chi connectivity index (χ4n) is 2.18. The van der Waals surface area contributed by atoms with Crippen LogP contribution < -0.4 is 10.6 Å². The van der Waals surface area contributed by atoms with E-state index in [1.807, 2.05) is 0 Å². The van der Waals surface area contributed by atoms with Crippen LogP contribution in [0.25, 0.3) is 0 Å². The van der Waals surface area contributed by atoms with E-state index in [-0.39, 0.29) is 11.9 Å². The first-order valence-corrected chi connectivity index (χ1v) is 7.29. The number of rotatable bonds is 2. The number of anilines is 1. The maximum Gasteiger partial charge on any atom is 0.241 e. The third-order valence-electron chi connectivity index (χ3n) is 3.24. The minimum atomic E-state index is -0.202. The molecule has 1 amide bonds. The fourth-order valence-corrected chi connectivity index (χ4v) is 3.09. The maximum atomic E-state index is 12.2. The Kier molecular flexibility index (Phi) is 4.96. The number of amides is 1. The van der Waals surface area contributed by atoms with Gasteiger partial charge in [-0.3, -0.25) is 4.79 Å². The van der Waals surface area contributed by atoms with Crippen LogP contribution in [0.5, 0.6) is 0 Å². The maximum absolute atomic E-state index is 12.2. The van der Waals surface area contributed by atoms with E-state index in [9.17, 15) is 4.79 Å². The zero-order valence-electron chi connectivity index (χ0n) is 10.5. The second-order valence-corrected chi connectivity index (χ2v) is 6.12. The van der Waals surface area contributed by atoms with Crippen molar-refractivity contribution in [3.05, 3.63) is 27.2 Å². The van der Waals surface area contributed by atoms with Crippen LogP contribution in [0.15, 0.2) is 12.1 Å². The number of carbonyl (C=O) groups is 1. The van der Waals surface area contributed by atoms with Gasteiger partial charge in [-0.2, -0.15) is 0 Å². The van der Waals surface area contributed by atoms with Gasteiger partial charge in [-0.15, -0.1) is 0 Å². The molecule has 3 nitrogen and oxygen atoms in total.